The second-order valence-corrected chi connectivity index (χ2v) is 7.44. The van der Waals surface area contributed by atoms with Gasteiger partial charge in [0.05, 0.1) is 5.41 Å². The number of nitrogens with zero attached hydrogens (tertiary/aromatic N) is 4. The van der Waals surface area contributed by atoms with E-state index in [1.165, 1.54) is 0 Å². The first-order valence-corrected chi connectivity index (χ1v) is 8.97. The van der Waals surface area contributed by atoms with Gasteiger partial charge in [-0.25, -0.2) is 9.97 Å². The third kappa shape index (κ3) is 2.33. The van der Waals surface area contributed by atoms with Gasteiger partial charge < -0.3 is 9.80 Å². The molecule has 0 aliphatic carbocycles. The molecule has 0 unspecified atom stereocenters. The lowest BCUT2D eigenvalue weighted by molar-refractivity contribution is -0.123. The molecule has 1 amide bonds. The fraction of sp³-hybridized carbons (Fsp3) is 0.450. The molecule has 4 rings (SSSR count). The summed E-state index contributed by atoms with van der Waals surface area (Å²) in [5, 5.41) is 0. The van der Waals surface area contributed by atoms with Crippen LogP contribution in [0, 0.1) is 0 Å². The van der Waals surface area contributed by atoms with Crippen LogP contribution in [-0.4, -0.2) is 36.0 Å². The number of benzene rings is 1. The molecule has 0 N–H and O–H groups in total. The Morgan fingerprint density at radius 3 is 2.84 bits per heavy atom. The van der Waals surface area contributed by atoms with Gasteiger partial charge in [-0.3, -0.25) is 4.79 Å². The van der Waals surface area contributed by atoms with E-state index in [9.17, 15) is 4.79 Å². The zero-order valence-electron chi connectivity index (χ0n) is 15.1. The van der Waals surface area contributed by atoms with Crippen molar-refractivity contribution in [2.24, 2.45) is 0 Å². The molecule has 1 saturated heterocycles. The van der Waals surface area contributed by atoms with Gasteiger partial charge in [-0.1, -0.05) is 32.0 Å². The number of piperidine rings is 1. The first kappa shape index (κ1) is 16.1. The van der Waals surface area contributed by atoms with E-state index in [1.54, 1.807) is 6.33 Å². The Morgan fingerprint density at radius 1 is 1.24 bits per heavy atom. The van der Waals surface area contributed by atoms with Crippen LogP contribution in [0.4, 0.5) is 11.5 Å². The van der Waals surface area contributed by atoms with E-state index in [4.69, 9.17) is 0 Å². The Morgan fingerprint density at radius 2 is 2.04 bits per heavy atom. The van der Waals surface area contributed by atoms with Crippen LogP contribution in [0.5, 0.6) is 0 Å². The second-order valence-electron chi connectivity index (χ2n) is 7.44. The van der Waals surface area contributed by atoms with Gasteiger partial charge in [-0.2, -0.15) is 0 Å². The van der Waals surface area contributed by atoms with E-state index in [0.29, 0.717) is 12.5 Å². The maximum atomic E-state index is 13.2. The Labute approximate surface area is 148 Å². The summed E-state index contributed by atoms with van der Waals surface area (Å²) in [5.41, 5.74) is 2.89. The number of carbonyl (C=O) groups excluding carboxylic acids is 1. The fourth-order valence-electron chi connectivity index (χ4n) is 4.35. The Hall–Kier alpha value is -2.43. The first-order valence-electron chi connectivity index (χ1n) is 8.97. The van der Waals surface area contributed by atoms with Crippen molar-refractivity contribution in [3.8, 4) is 0 Å². The van der Waals surface area contributed by atoms with Crippen LogP contribution in [0.2, 0.25) is 0 Å². The minimum atomic E-state index is -0.456. The number of hydrogen-bond donors (Lipinski definition) is 0. The van der Waals surface area contributed by atoms with Crippen LogP contribution in [0.15, 0.2) is 36.8 Å². The minimum Gasteiger partial charge on any atom is -0.355 e. The Balaban J connectivity index is 1.77. The van der Waals surface area contributed by atoms with Crippen molar-refractivity contribution >= 4 is 17.4 Å². The Kier molecular flexibility index (Phi) is 3.74. The number of para-hydroxylation sites is 1. The fourth-order valence-corrected chi connectivity index (χ4v) is 4.35. The monoisotopic (exact) mass is 336 g/mol. The molecule has 5 nitrogen and oxygen atoms in total. The molecule has 2 aliphatic rings. The summed E-state index contributed by atoms with van der Waals surface area (Å²) in [6.45, 7) is 5.93. The molecule has 0 radical (unpaired) electrons. The minimum absolute atomic E-state index is 0.207. The van der Waals surface area contributed by atoms with Crippen molar-refractivity contribution in [3.63, 3.8) is 0 Å². The summed E-state index contributed by atoms with van der Waals surface area (Å²) in [7, 11) is 1.89. The molecule has 0 saturated carbocycles. The highest BCUT2D eigenvalue weighted by atomic mass is 16.2. The molecule has 2 aliphatic heterocycles. The highest BCUT2D eigenvalue weighted by molar-refractivity contribution is 6.08. The average molecular weight is 336 g/mol. The molecular formula is C20H24N4O. The quantitative estimate of drug-likeness (QED) is 0.845. The van der Waals surface area contributed by atoms with Gasteiger partial charge in [0.15, 0.2) is 0 Å². The number of hydrogen-bond acceptors (Lipinski definition) is 4. The Bertz CT molecular complexity index is 819. The lowest BCUT2D eigenvalue weighted by atomic mass is 9.75. The van der Waals surface area contributed by atoms with Crippen LogP contribution in [0.3, 0.4) is 0 Å². The van der Waals surface area contributed by atoms with Gasteiger partial charge >= 0.3 is 0 Å². The molecule has 1 atom stereocenters. The smallest absolute Gasteiger partial charge is 0.239 e. The van der Waals surface area contributed by atoms with Crippen LogP contribution in [-0.2, 0) is 10.2 Å². The largest absolute Gasteiger partial charge is 0.355 e. The van der Waals surface area contributed by atoms with E-state index in [2.05, 4.69) is 34.8 Å². The van der Waals surface area contributed by atoms with Gasteiger partial charge in [-0.05, 0) is 30.4 Å². The molecule has 2 aromatic rings. The van der Waals surface area contributed by atoms with Gasteiger partial charge in [0.2, 0.25) is 5.91 Å². The lowest BCUT2D eigenvalue weighted by Gasteiger charge is -2.40. The summed E-state index contributed by atoms with van der Waals surface area (Å²) < 4.78 is 0. The van der Waals surface area contributed by atoms with Crippen LogP contribution in [0.1, 0.15) is 43.7 Å². The molecule has 1 aromatic heterocycles. The molecule has 25 heavy (non-hydrogen) atoms. The van der Waals surface area contributed by atoms with Crippen molar-refractivity contribution in [2.45, 2.75) is 38.0 Å². The normalized spacial score (nSPS) is 22.8. The number of amides is 1. The van der Waals surface area contributed by atoms with E-state index < -0.39 is 5.41 Å². The maximum Gasteiger partial charge on any atom is 0.239 e. The number of anilines is 2. The van der Waals surface area contributed by atoms with E-state index in [0.717, 1.165) is 42.0 Å². The van der Waals surface area contributed by atoms with Gasteiger partial charge in [0.1, 0.15) is 12.1 Å². The molecule has 0 bridgehead atoms. The van der Waals surface area contributed by atoms with Crippen LogP contribution < -0.4 is 9.80 Å². The lowest BCUT2D eigenvalue weighted by Crippen LogP contribution is -2.52. The predicted molar refractivity (Wildman–Crippen MR) is 99.1 cm³/mol. The number of likely N-dealkylation sites (N-methyl/N-ethyl adjacent to an activating group) is 1. The van der Waals surface area contributed by atoms with E-state index >= 15 is 0 Å². The predicted octanol–water partition coefficient (Wildman–Crippen LogP) is 3.11. The molecule has 130 valence electrons. The molecule has 1 aromatic carbocycles. The van der Waals surface area contributed by atoms with Gasteiger partial charge in [0.25, 0.3) is 0 Å². The second kappa shape index (κ2) is 5.83. The van der Waals surface area contributed by atoms with Gasteiger partial charge in [-0.15, -0.1) is 0 Å². The summed E-state index contributed by atoms with van der Waals surface area (Å²) in [6.07, 6.45) is 5.39. The highest BCUT2D eigenvalue weighted by Gasteiger charge is 2.51. The number of fused-ring (bicyclic) bond motifs is 2. The van der Waals surface area contributed by atoms with Crippen molar-refractivity contribution in [2.75, 3.05) is 29.9 Å². The molecular weight excluding hydrogens is 312 g/mol. The number of carbonyl (C=O) groups is 1. The van der Waals surface area contributed by atoms with E-state index in [-0.39, 0.29) is 5.91 Å². The summed E-state index contributed by atoms with van der Waals surface area (Å²) in [4.78, 5) is 26.1. The number of aromatic nitrogens is 2. The topological polar surface area (TPSA) is 49.3 Å². The van der Waals surface area contributed by atoms with Gasteiger partial charge in [0, 0.05) is 37.6 Å². The average Bonchev–Trinajstić information content (AvgIpc) is 2.84. The standard InChI is InChI=1S/C20H24N4O/c1-14(2)15-11-21-13-22-18(15)24-10-6-9-20(12-24)16-7-4-5-8-17(16)23(3)19(20)25/h4-5,7-8,11,13-14H,6,9-10,12H2,1-3H3/t20-/m0/s1. The summed E-state index contributed by atoms with van der Waals surface area (Å²) in [6, 6.07) is 8.20. The zero-order valence-corrected chi connectivity index (χ0v) is 15.1. The van der Waals surface area contributed by atoms with Crippen molar-refractivity contribution in [3.05, 3.63) is 47.9 Å². The van der Waals surface area contributed by atoms with Crippen molar-refractivity contribution < 1.29 is 4.79 Å². The molecule has 1 fully saturated rings. The maximum absolute atomic E-state index is 13.2. The van der Waals surface area contributed by atoms with Crippen molar-refractivity contribution in [1.29, 1.82) is 0 Å². The summed E-state index contributed by atoms with van der Waals surface area (Å²) >= 11 is 0. The van der Waals surface area contributed by atoms with Crippen LogP contribution >= 0.6 is 0 Å². The molecule has 1 spiro atoms. The molecule has 5 heteroatoms. The first-order chi connectivity index (χ1) is 12.0. The molecule has 3 heterocycles. The van der Waals surface area contributed by atoms with E-state index in [1.807, 2.05) is 36.3 Å². The third-order valence-electron chi connectivity index (χ3n) is 5.63. The third-order valence-corrected chi connectivity index (χ3v) is 5.63. The zero-order chi connectivity index (χ0) is 17.6. The van der Waals surface area contributed by atoms with Crippen LogP contribution in [0.25, 0.3) is 0 Å². The van der Waals surface area contributed by atoms with Crippen molar-refractivity contribution in [1.82, 2.24) is 9.97 Å². The highest BCUT2D eigenvalue weighted by Crippen LogP contribution is 2.47. The number of rotatable bonds is 2. The summed E-state index contributed by atoms with van der Waals surface area (Å²) in [5.74, 6) is 1.53. The SMILES string of the molecule is CC(C)c1cncnc1N1CCC[C@@]2(C1)C(=O)N(C)c1ccccc12.